The zero-order valence-corrected chi connectivity index (χ0v) is 27.2. The van der Waals surface area contributed by atoms with Crippen molar-refractivity contribution in [2.24, 2.45) is 0 Å². The molecule has 0 fully saturated rings. The molecule has 0 radical (unpaired) electrons. The van der Waals surface area contributed by atoms with E-state index in [4.69, 9.17) is 13.6 Å². The first-order valence-electron chi connectivity index (χ1n) is 12.8. The molecule has 36 heavy (non-hydrogen) atoms. The monoisotopic (exact) mass is 543 g/mol. The van der Waals surface area contributed by atoms with Gasteiger partial charge in [-0.1, -0.05) is 59.8 Å². The van der Waals surface area contributed by atoms with Crippen LogP contribution in [0.15, 0.2) is 24.3 Å². The van der Waals surface area contributed by atoms with Crippen molar-refractivity contribution in [3.8, 4) is 0 Å². The molecule has 0 saturated carbocycles. The standard InChI is InChI=1S/C27H53NO6Si2/c1-15-16-17-18-20(29)22(28-24(31)33-25(2,3)4)23(30)21(34-36(13,14)27(8,9)10)19-32-35(11,12)26(5,6)7/h15-18,21-23,30H,19H2,1-14H3,(H,28,31)/b16-15+,18-17+/t21-,22+,23-/m1/s1. The molecule has 1 amide bonds. The second-order valence-corrected chi connectivity index (χ2v) is 23.0. The first-order valence-corrected chi connectivity index (χ1v) is 18.6. The Hall–Kier alpha value is -1.27. The van der Waals surface area contributed by atoms with Gasteiger partial charge in [0.05, 0.1) is 12.7 Å². The van der Waals surface area contributed by atoms with Gasteiger partial charge in [-0.3, -0.25) is 4.79 Å². The fourth-order valence-electron chi connectivity index (χ4n) is 2.60. The maximum Gasteiger partial charge on any atom is 0.408 e. The predicted molar refractivity (Wildman–Crippen MR) is 153 cm³/mol. The highest BCUT2D eigenvalue weighted by atomic mass is 28.4. The highest BCUT2D eigenvalue weighted by Gasteiger charge is 2.45. The van der Waals surface area contributed by atoms with Crippen LogP contribution in [-0.2, 0) is 18.4 Å². The molecule has 0 aromatic rings. The predicted octanol–water partition coefficient (Wildman–Crippen LogP) is 6.35. The van der Waals surface area contributed by atoms with E-state index < -0.39 is 52.4 Å². The van der Waals surface area contributed by atoms with Gasteiger partial charge in [0.2, 0.25) is 0 Å². The van der Waals surface area contributed by atoms with Gasteiger partial charge in [-0.2, -0.15) is 0 Å². The lowest BCUT2D eigenvalue weighted by Gasteiger charge is -2.43. The molecule has 3 atom stereocenters. The lowest BCUT2D eigenvalue weighted by atomic mass is 10.0. The number of amides is 1. The van der Waals surface area contributed by atoms with Crippen LogP contribution in [-0.4, -0.2) is 64.1 Å². The third-order valence-corrected chi connectivity index (χ3v) is 15.9. The van der Waals surface area contributed by atoms with Crippen LogP contribution in [0.4, 0.5) is 4.79 Å². The number of allylic oxidation sites excluding steroid dienone is 3. The molecule has 0 aliphatic rings. The highest BCUT2D eigenvalue weighted by molar-refractivity contribution is 6.74. The van der Waals surface area contributed by atoms with Crippen molar-refractivity contribution >= 4 is 28.5 Å². The summed E-state index contributed by atoms with van der Waals surface area (Å²) in [5.41, 5.74) is -0.758. The summed E-state index contributed by atoms with van der Waals surface area (Å²) in [7, 11) is -4.55. The first-order chi connectivity index (χ1) is 15.9. The Morgan fingerprint density at radius 1 is 0.889 bits per heavy atom. The molecule has 0 aliphatic heterocycles. The topological polar surface area (TPSA) is 94.1 Å². The maximum atomic E-state index is 13.2. The van der Waals surface area contributed by atoms with Gasteiger partial charge in [0, 0.05) is 0 Å². The number of hydrogen-bond donors (Lipinski definition) is 2. The zero-order chi connectivity index (χ0) is 28.8. The van der Waals surface area contributed by atoms with Crippen molar-refractivity contribution in [2.75, 3.05) is 6.61 Å². The number of carbonyl (C=O) groups excluding carboxylic acids is 2. The van der Waals surface area contributed by atoms with Crippen LogP contribution in [0.2, 0.25) is 36.3 Å². The summed E-state index contributed by atoms with van der Waals surface area (Å²) in [6.07, 6.45) is 3.46. The third kappa shape index (κ3) is 11.4. The van der Waals surface area contributed by atoms with E-state index in [9.17, 15) is 14.7 Å². The van der Waals surface area contributed by atoms with Crippen LogP contribution >= 0.6 is 0 Å². The van der Waals surface area contributed by atoms with E-state index in [1.54, 1.807) is 39.0 Å². The number of aliphatic hydroxyl groups excluding tert-OH is 1. The Labute approximate surface area is 222 Å². The van der Waals surface area contributed by atoms with E-state index in [0.29, 0.717) is 0 Å². The molecule has 0 aromatic carbocycles. The lowest BCUT2D eigenvalue weighted by molar-refractivity contribution is -0.122. The SMILES string of the molecule is C/C=C/C=C/C(=O)[C@H](NC(=O)OC(C)(C)C)[C@H](O)[C@@H](CO[Si](C)(C)C(C)(C)C)O[Si](C)(C)C(C)(C)C. The Bertz CT molecular complexity index is 786. The molecule has 7 nitrogen and oxygen atoms in total. The summed E-state index contributed by atoms with van der Waals surface area (Å²) in [5.74, 6) is -0.456. The minimum absolute atomic E-state index is 0.0430. The summed E-state index contributed by atoms with van der Waals surface area (Å²) in [6.45, 7) is 28.3. The number of carbonyl (C=O) groups is 2. The van der Waals surface area contributed by atoms with Gasteiger partial charge in [-0.15, -0.1) is 0 Å². The Kier molecular flexibility index (Phi) is 12.5. The van der Waals surface area contributed by atoms with Crippen molar-refractivity contribution < 1.29 is 28.3 Å². The van der Waals surface area contributed by atoms with Crippen molar-refractivity contribution in [2.45, 2.75) is 129 Å². The van der Waals surface area contributed by atoms with Gasteiger partial charge in [0.15, 0.2) is 22.4 Å². The largest absolute Gasteiger partial charge is 0.444 e. The van der Waals surface area contributed by atoms with Crippen molar-refractivity contribution in [3.63, 3.8) is 0 Å². The van der Waals surface area contributed by atoms with E-state index in [2.05, 4.69) is 73.0 Å². The van der Waals surface area contributed by atoms with Crippen LogP contribution in [0.5, 0.6) is 0 Å². The Morgan fingerprint density at radius 2 is 1.39 bits per heavy atom. The number of rotatable bonds is 11. The Morgan fingerprint density at radius 3 is 1.81 bits per heavy atom. The third-order valence-electron chi connectivity index (χ3n) is 6.93. The molecule has 0 unspecified atom stereocenters. The van der Waals surface area contributed by atoms with E-state index in [1.165, 1.54) is 6.08 Å². The fourth-order valence-corrected chi connectivity index (χ4v) is 4.94. The van der Waals surface area contributed by atoms with Gasteiger partial charge in [-0.25, -0.2) is 4.79 Å². The van der Waals surface area contributed by atoms with Gasteiger partial charge in [0.1, 0.15) is 17.7 Å². The first kappa shape index (κ1) is 34.7. The number of hydrogen-bond acceptors (Lipinski definition) is 6. The highest BCUT2D eigenvalue weighted by Crippen LogP contribution is 2.39. The van der Waals surface area contributed by atoms with Crippen LogP contribution in [0.3, 0.4) is 0 Å². The van der Waals surface area contributed by atoms with Crippen molar-refractivity contribution in [3.05, 3.63) is 24.3 Å². The van der Waals surface area contributed by atoms with Crippen molar-refractivity contribution in [1.29, 1.82) is 0 Å². The molecule has 2 N–H and O–H groups in total. The normalized spacial score (nSPS) is 16.8. The number of ketones is 1. The molecule has 0 saturated heterocycles. The number of ether oxygens (including phenoxy) is 1. The van der Waals surface area contributed by atoms with Crippen LogP contribution < -0.4 is 5.32 Å². The molecule has 0 heterocycles. The summed E-state index contributed by atoms with van der Waals surface area (Å²) in [4.78, 5) is 25.8. The van der Waals surface area contributed by atoms with E-state index in [-0.39, 0.29) is 16.7 Å². The smallest absolute Gasteiger partial charge is 0.408 e. The number of alkyl carbamates (subject to hydrolysis) is 1. The molecule has 0 aromatic heterocycles. The molecule has 210 valence electrons. The molecular formula is C27H53NO6Si2. The summed E-state index contributed by atoms with van der Waals surface area (Å²) < 4.78 is 18.4. The number of nitrogens with one attached hydrogen (secondary N) is 1. The maximum absolute atomic E-state index is 13.2. The molecule has 9 heteroatoms. The fraction of sp³-hybridized carbons (Fsp3) is 0.778. The van der Waals surface area contributed by atoms with Gasteiger partial charge in [-0.05, 0) is 70.0 Å². The van der Waals surface area contributed by atoms with E-state index >= 15 is 0 Å². The minimum Gasteiger partial charge on any atom is -0.444 e. The zero-order valence-electron chi connectivity index (χ0n) is 25.2. The number of aliphatic hydroxyl groups is 1. The van der Waals surface area contributed by atoms with Crippen LogP contribution in [0, 0.1) is 0 Å². The average Bonchev–Trinajstić information content (AvgIpc) is 2.65. The Balaban J connectivity index is 6.32. The van der Waals surface area contributed by atoms with Gasteiger partial charge in [0.25, 0.3) is 0 Å². The van der Waals surface area contributed by atoms with Gasteiger partial charge >= 0.3 is 6.09 Å². The summed E-state index contributed by atoms with van der Waals surface area (Å²) >= 11 is 0. The molecule has 0 rings (SSSR count). The summed E-state index contributed by atoms with van der Waals surface area (Å²) in [5, 5.41) is 14.0. The van der Waals surface area contributed by atoms with Crippen molar-refractivity contribution in [1.82, 2.24) is 5.32 Å². The lowest BCUT2D eigenvalue weighted by Crippen LogP contribution is -2.58. The molecule has 0 bridgehead atoms. The van der Waals surface area contributed by atoms with E-state index in [1.807, 2.05) is 6.92 Å². The van der Waals surface area contributed by atoms with Gasteiger partial charge < -0.3 is 24.0 Å². The molecule has 0 aliphatic carbocycles. The minimum atomic E-state index is -2.37. The molecular weight excluding hydrogens is 490 g/mol. The van der Waals surface area contributed by atoms with Crippen LogP contribution in [0.25, 0.3) is 0 Å². The average molecular weight is 544 g/mol. The second kappa shape index (κ2) is 13.0. The molecule has 0 spiro atoms. The quantitative estimate of drug-likeness (QED) is 0.179. The second-order valence-electron chi connectivity index (χ2n) is 13.4. The van der Waals surface area contributed by atoms with Crippen LogP contribution in [0.1, 0.15) is 69.2 Å². The van der Waals surface area contributed by atoms with E-state index in [0.717, 1.165) is 0 Å². The summed E-state index contributed by atoms with van der Waals surface area (Å²) in [6, 6.07) is -1.26.